The van der Waals surface area contributed by atoms with Crippen LogP contribution in [0.5, 0.6) is 0 Å². The van der Waals surface area contributed by atoms with E-state index in [1.807, 2.05) is 6.07 Å². The Labute approximate surface area is 118 Å². The summed E-state index contributed by atoms with van der Waals surface area (Å²) in [5, 5.41) is 17.9. The van der Waals surface area contributed by atoms with Crippen molar-refractivity contribution in [1.29, 1.82) is 5.26 Å². The first-order chi connectivity index (χ1) is 9.16. The Morgan fingerprint density at radius 3 is 2.50 bits per heavy atom. The Hall–Kier alpha value is -1.91. The Morgan fingerprint density at radius 2 is 2.10 bits per heavy atom. The van der Waals surface area contributed by atoms with Gasteiger partial charge in [0.1, 0.15) is 5.54 Å². The van der Waals surface area contributed by atoms with Gasteiger partial charge >= 0.3 is 5.97 Å². The molecule has 0 radical (unpaired) electrons. The number of nitrogens with one attached hydrogen (secondary N) is 1. The van der Waals surface area contributed by atoms with Gasteiger partial charge in [0.15, 0.2) is 0 Å². The van der Waals surface area contributed by atoms with E-state index >= 15 is 0 Å². The van der Waals surface area contributed by atoms with Gasteiger partial charge in [-0.15, -0.1) is 0 Å². The van der Waals surface area contributed by atoms with E-state index in [1.165, 1.54) is 25.1 Å². The van der Waals surface area contributed by atoms with Crippen LogP contribution in [0.4, 0.5) is 0 Å². The molecule has 1 aromatic rings. The lowest BCUT2D eigenvalue weighted by molar-refractivity contribution is -0.143. The summed E-state index contributed by atoms with van der Waals surface area (Å²) in [6.07, 6.45) is 0.108. The first-order valence-electron chi connectivity index (χ1n) is 5.94. The van der Waals surface area contributed by atoms with Gasteiger partial charge in [0.25, 0.3) is 0 Å². The first-order valence-corrected chi connectivity index (χ1v) is 7.42. The van der Waals surface area contributed by atoms with E-state index in [4.69, 9.17) is 10.4 Å². The van der Waals surface area contributed by atoms with E-state index in [2.05, 4.69) is 4.72 Å². The van der Waals surface area contributed by atoms with Gasteiger partial charge in [0, 0.05) is 0 Å². The first kappa shape index (κ1) is 16.1. The highest BCUT2D eigenvalue weighted by Gasteiger charge is 2.36. The minimum atomic E-state index is -3.96. The number of rotatable bonds is 5. The zero-order chi connectivity index (χ0) is 15.6. The molecule has 0 heterocycles. The third kappa shape index (κ3) is 3.15. The average molecular weight is 296 g/mol. The Morgan fingerprint density at radius 1 is 1.50 bits per heavy atom. The molecule has 0 saturated heterocycles. The monoisotopic (exact) mass is 296 g/mol. The molecule has 0 aromatic heterocycles. The summed E-state index contributed by atoms with van der Waals surface area (Å²) in [5.74, 6) is -1.24. The highest BCUT2D eigenvalue weighted by molar-refractivity contribution is 7.89. The number of nitriles is 1. The molecule has 6 nitrogen and oxygen atoms in total. The Kier molecular flexibility index (Phi) is 4.53. The predicted octanol–water partition coefficient (Wildman–Crippen LogP) is 1.40. The van der Waals surface area contributed by atoms with Crippen LogP contribution in [0.1, 0.15) is 31.4 Å². The number of sulfonamides is 1. The zero-order valence-corrected chi connectivity index (χ0v) is 12.3. The van der Waals surface area contributed by atoms with Gasteiger partial charge < -0.3 is 5.11 Å². The molecule has 108 valence electrons. The van der Waals surface area contributed by atoms with Crippen LogP contribution in [0.15, 0.2) is 23.1 Å². The number of nitrogens with zero attached hydrogens (tertiary/aromatic N) is 1. The lowest BCUT2D eigenvalue weighted by Crippen LogP contribution is -2.51. The van der Waals surface area contributed by atoms with Crippen molar-refractivity contribution in [2.45, 2.75) is 37.6 Å². The molecule has 1 atom stereocenters. The van der Waals surface area contributed by atoms with Crippen LogP contribution in [0.3, 0.4) is 0 Å². The van der Waals surface area contributed by atoms with Gasteiger partial charge in [-0.3, -0.25) is 4.79 Å². The van der Waals surface area contributed by atoms with Crippen molar-refractivity contribution in [2.75, 3.05) is 0 Å². The molecule has 1 unspecified atom stereocenters. The number of carboxylic acids is 1. The fourth-order valence-corrected chi connectivity index (χ4v) is 3.07. The van der Waals surface area contributed by atoms with Crippen LogP contribution in [-0.4, -0.2) is 25.0 Å². The molecule has 0 aliphatic rings. The van der Waals surface area contributed by atoms with E-state index in [0.29, 0.717) is 11.1 Å². The van der Waals surface area contributed by atoms with Crippen molar-refractivity contribution in [3.05, 3.63) is 29.3 Å². The Bertz CT molecular complexity index is 676. The number of benzene rings is 1. The van der Waals surface area contributed by atoms with Gasteiger partial charge in [-0.25, -0.2) is 8.42 Å². The Balaban J connectivity index is 3.22. The van der Waals surface area contributed by atoms with E-state index in [-0.39, 0.29) is 11.3 Å². The minimum absolute atomic E-state index is 0.0603. The largest absolute Gasteiger partial charge is 0.480 e. The maximum Gasteiger partial charge on any atom is 0.324 e. The van der Waals surface area contributed by atoms with Gasteiger partial charge in [-0.2, -0.15) is 9.98 Å². The molecule has 0 fully saturated rings. The number of hydrogen-bond donors (Lipinski definition) is 2. The smallest absolute Gasteiger partial charge is 0.324 e. The quantitative estimate of drug-likeness (QED) is 0.854. The van der Waals surface area contributed by atoms with Crippen LogP contribution in [0.2, 0.25) is 0 Å². The summed E-state index contributed by atoms with van der Waals surface area (Å²) in [5.41, 5.74) is -0.676. The lowest BCUT2D eigenvalue weighted by atomic mass is 10.0. The average Bonchev–Trinajstić information content (AvgIpc) is 2.37. The second-order valence-electron chi connectivity index (χ2n) is 4.68. The third-order valence-corrected chi connectivity index (χ3v) is 4.76. The van der Waals surface area contributed by atoms with Crippen LogP contribution in [0.25, 0.3) is 0 Å². The molecular weight excluding hydrogens is 280 g/mol. The van der Waals surface area contributed by atoms with E-state index < -0.39 is 21.5 Å². The molecule has 1 aromatic carbocycles. The van der Waals surface area contributed by atoms with E-state index in [1.54, 1.807) is 13.8 Å². The number of aryl methyl sites for hydroxylation is 1. The molecule has 0 amide bonds. The van der Waals surface area contributed by atoms with Crippen LogP contribution >= 0.6 is 0 Å². The maximum atomic E-state index is 12.2. The molecule has 2 N–H and O–H groups in total. The summed E-state index contributed by atoms with van der Waals surface area (Å²) in [4.78, 5) is 11.1. The van der Waals surface area contributed by atoms with Crippen molar-refractivity contribution >= 4 is 16.0 Å². The number of carbonyl (C=O) groups is 1. The third-order valence-electron chi connectivity index (χ3n) is 3.17. The summed E-state index contributed by atoms with van der Waals surface area (Å²) in [6.45, 7) is 4.51. The minimum Gasteiger partial charge on any atom is -0.480 e. The molecule has 0 bridgehead atoms. The molecule has 0 aliphatic carbocycles. The summed E-state index contributed by atoms with van der Waals surface area (Å²) in [7, 11) is -3.96. The van der Waals surface area contributed by atoms with Crippen molar-refractivity contribution in [3.8, 4) is 6.07 Å². The normalized spacial score (nSPS) is 14.3. The molecule has 7 heteroatoms. The molecule has 20 heavy (non-hydrogen) atoms. The standard InChI is InChI=1S/C13H16N2O4S/c1-4-13(3,12(16)17)15-20(18,19)11-6-5-10(8-14)9(2)7-11/h5-7,15H,4H2,1-3H3,(H,16,17). The van der Waals surface area contributed by atoms with E-state index in [9.17, 15) is 13.2 Å². The van der Waals surface area contributed by atoms with Crippen molar-refractivity contribution < 1.29 is 18.3 Å². The van der Waals surface area contributed by atoms with E-state index in [0.717, 1.165) is 0 Å². The van der Waals surface area contributed by atoms with Crippen molar-refractivity contribution in [1.82, 2.24) is 4.72 Å². The molecule has 0 spiro atoms. The van der Waals surface area contributed by atoms with Crippen molar-refractivity contribution in [2.24, 2.45) is 0 Å². The molecule has 1 rings (SSSR count). The van der Waals surface area contributed by atoms with Gasteiger partial charge in [0.2, 0.25) is 10.0 Å². The summed E-state index contributed by atoms with van der Waals surface area (Å²) >= 11 is 0. The molecular formula is C13H16N2O4S. The summed E-state index contributed by atoms with van der Waals surface area (Å²) < 4.78 is 26.6. The zero-order valence-electron chi connectivity index (χ0n) is 11.5. The number of hydrogen-bond acceptors (Lipinski definition) is 4. The van der Waals surface area contributed by atoms with Crippen LogP contribution < -0.4 is 4.72 Å². The van der Waals surface area contributed by atoms with Crippen LogP contribution in [-0.2, 0) is 14.8 Å². The van der Waals surface area contributed by atoms with Gasteiger partial charge in [-0.05, 0) is 44.0 Å². The van der Waals surface area contributed by atoms with Gasteiger partial charge in [0.05, 0.1) is 16.5 Å². The SMILES string of the molecule is CCC(C)(NS(=O)(=O)c1ccc(C#N)c(C)c1)C(=O)O. The fourth-order valence-electron chi connectivity index (χ4n) is 1.55. The highest BCUT2D eigenvalue weighted by atomic mass is 32.2. The number of aliphatic carboxylic acids is 1. The second kappa shape index (κ2) is 5.61. The topological polar surface area (TPSA) is 107 Å². The number of carboxylic acid groups (broad SMARTS) is 1. The van der Waals surface area contributed by atoms with Crippen molar-refractivity contribution in [3.63, 3.8) is 0 Å². The lowest BCUT2D eigenvalue weighted by Gasteiger charge is -2.24. The molecule has 0 saturated carbocycles. The predicted molar refractivity (Wildman–Crippen MR) is 72.5 cm³/mol. The highest BCUT2D eigenvalue weighted by Crippen LogP contribution is 2.19. The van der Waals surface area contributed by atoms with Crippen LogP contribution in [0, 0.1) is 18.3 Å². The second-order valence-corrected chi connectivity index (χ2v) is 6.37. The fraction of sp³-hybridized carbons (Fsp3) is 0.385. The maximum absolute atomic E-state index is 12.2. The summed E-state index contributed by atoms with van der Waals surface area (Å²) in [6, 6.07) is 5.97. The van der Waals surface area contributed by atoms with Gasteiger partial charge in [-0.1, -0.05) is 6.92 Å². The molecule has 0 aliphatic heterocycles.